The van der Waals surface area contributed by atoms with Gasteiger partial charge in [-0.25, -0.2) is 18.2 Å². The van der Waals surface area contributed by atoms with Crippen molar-refractivity contribution in [2.24, 2.45) is 5.10 Å². The molecular weight excluding hydrogens is 588 g/mol. The first-order valence-electron chi connectivity index (χ1n) is 10.2. The second-order valence-corrected chi connectivity index (χ2v) is 10.4. The molecule has 0 saturated heterocycles. The summed E-state index contributed by atoms with van der Waals surface area (Å²) < 4.78 is 52.9. The highest BCUT2D eigenvalue weighted by atomic mass is 127. The Kier molecular flexibility index (Phi) is 8.67. The van der Waals surface area contributed by atoms with Crippen molar-refractivity contribution in [3.05, 3.63) is 81.7 Å². The number of amides is 1. The van der Waals surface area contributed by atoms with Crippen LogP contribution in [0, 0.1) is 9.39 Å². The highest BCUT2D eigenvalue weighted by Crippen LogP contribution is 2.32. The van der Waals surface area contributed by atoms with Crippen LogP contribution in [0.4, 0.5) is 10.1 Å². The van der Waals surface area contributed by atoms with Crippen LogP contribution in [-0.2, 0) is 14.8 Å². The summed E-state index contributed by atoms with van der Waals surface area (Å²) >= 11 is 2.17. The van der Waals surface area contributed by atoms with Gasteiger partial charge < -0.3 is 9.47 Å². The Labute approximate surface area is 216 Å². The van der Waals surface area contributed by atoms with Crippen LogP contribution in [0.15, 0.2) is 76.7 Å². The molecule has 0 aliphatic rings. The molecule has 1 amide bonds. The summed E-state index contributed by atoms with van der Waals surface area (Å²) in [6, 6.07) is 16.4. The molecule has 0 fully saturated rings. The Morgan fingerprint density at radius 1 is 1.03 bits per heavy atom. The molecule has 0 saturated carbocycles. The topological polar surface area (TPSA) is 97.3 Å². The number of ether oxygens (including phenoxy) is 2. The number of halogens is 2. The second kappa shape index (κ2) is 11.5. The van der Waals surface area contributed by atoms with Crippen LogP contribution in [0.25, 0.3) is 0 Å². The molecule has 3 aromatic rings. The van der Waals surface area contributed by atoms with Gasteiger partial charge in [0.1, 0.15) is 12.4 Å². The Bertz CT molecular complexity index is 1350. The van der Waals surface area contributed by atoms with Gasteiger partial charge in [0.2, 0.25) is 0 Å². The average molecular weight is 611 g/mol. The van der Waals surface area contributed by atoms with Crippen molar-refractivity contribution < 1.29 is 27.1 Å². The van der Waals surface area contributed by atoms with Crippen molar-refractivity contribution in [3.8, 4) is 11.5 Å². The Morgan fingerprint density at radius 2 is 1.71 bits per heavy atom. The van der Waals surface area contributed by atoms with Crippen LogP contribution in [0.3, 0.4) is 0 Å². The predicted molar refractivity (Wildman–Crippen MR) is 140 cm³/mol. The molecule has 0 aromatic heterocycles. The highest BCUT2D eigenvalue weighted by Gasteiger charge is 2.28. The summed E-state index contributed by atoms with van der Waals surface area (Å²) in [5.41, 5.74) is 3.86. The molecule has 1 N–H and O–H groups in total. The van der Waals surface area contributed by atoms with E-state index in [2.05, 4.69) is 33.1 Å². The van der Waals surface area contributed by atoms with Crippen LogP contribution in [0.1, 0.15) is 12.5 Å². The lowest BCUT2D eigenvalue weighted by Gasteiger charge is -2.24. The minimum absolute atomic E-state index is 0.106. The molecule has 0 unspecified atom stereocenters. The number of carbonyl (C=O) groups is 1. The summed E-state index contributed by atoms with van der Waals surface area (Å²) in [6.07, 6.45) is 0. The fraction of sp³-hybridized carbons (Fsp3) is 0.167. The number of anilines is 1. The zero-order chi connectivity index (χ0) is 25.6. The first-order valence-corrected chi connectivity index (χ1v) is 12.8. The molecule has 0 atom stereocenters. The molecule has 0 aliphatic carbocycles. The van der Waals surface area contributed by atoms with E-state index in [9.17, 15) is 17.6 Å². The van der Waals surface area contributed by atoms with Gasteiger partial charge in [0.05, 0.1) is 30.5 Å². The van der Waals surface area contributed by atoms with Gasteiger partial charge >= 0.3 is 0 Å². The van der Waals surface area contributed by atoms with E-state index < -0.39 is 28.3 Å². The highest BCUT2D eigenvalue weighted by molar-refractivity contribution is 14.1. The second-order valence-electron chi connectivity index (χ2n) is 7.25. The summed E-state index contributed by atoms with van der Waals surface area (Å²) in [6.45, 7) is 1.13. The van der Waals surface area contributed by atoms with Crippen molar-refractivity contribution in [3.63, 3.8) is 0 Å². The third kappa shape index (κ3) is 6.48. The predicted octanol–water partition coefficient (Wildman–Crippen LogP) is 4.18. The number of hydrogen-bond donors (Lipinski definition) is 1. The number of sulfonamides is 1. The lowest BCUT2D eigenvalue weighted by atomic mass is 10.1. The monoisotopic (exact) mass is 611 g/mol. The van der Waals surface area contributed by atoms with Crippen molar-refractivity contribution in [1.29, 1.82) is 0 Å². The number of benzene rings is 3. The zero-order valence-electron chi connectivity index (χ0n) is 19.2. The summed E-state index contributed by atoms with van der Waals surface area (Å²) in [4.78, 5) is 12.6. The van der Waals surface area contributed by atoms with Crippen molar-refractivity contribution >= 4 is 49.9 Å². The molecule has 0 radical (unpaired) electrons. The SMILES string of the molecule is COc1ccc(S(=O)(=O)N(CC(=O)N/N=C(/C)c2cccc(I)c2)c2ccc(F)cc2)cc1OC. The molecule has 3 aromatic carbocycles. The van der Waals surface area contributed by atoms with E-state index in [0.717, 1.165) is 25.6 Å². The molecule has 0 aliphatic heterocycles. The Morgan fingerprint density at radius 3 is 2.34 bits per heavy atom. The fourth-order valence-corrected chi connectivity index (χ4v) is 5.10. The van der Waals surface area contributed by atoms with Gasteiger partial charge in [-0.05, 0) is 83.6 Å². The van der Waals surface area contributed by atoms with Crippen molar-refractivity contribution in [2.75, 3.05) is 25.1 Å². The normalized spacial score (nSPS) is 11.6. The molecule has 0 heterocycles. The third-order valence-electron chi connectivity index (χ3n) is 4.94. The minimum Gasteiger partial charge on any atom is -0.493 e. The Hall–Kier alpha value is -3.19. The van der Waals surface area contributed by atoms with E-state index in [1.54, 1.807) is 6.92 Å². The average Bonchev–Trinajstić information content (AvgIpc) is 2.85. The van der Waals surface area contributed by atoms with Crippen molar-refractivity contribution in [2.45, 2.75) is 11.8 Å². The van der Waals surface area contributed by atoms with E-state index in [4.69, 9.17) is 9.47 Å². The van der Waals surface area contributed by atoms with E-state index in [1.807, 2.05) is 24.3 Å². The molecular formula is C24H23FIN3O5S. The summed E-state index contributed by atoms with van der Waals surface area (Å²) in [5.74, 6) is -0.671. The lowest BCUT2D eigenvalue weighted by Crippen LogP contribution is -2.39. The number of hydrogen-bond acceptors (Lipinski definition) is 6. The first kappa shape index (κ1) is 26.4. The number of nitrogens with zero attached hydrogens (tertiary/aromatic N) is 2. The lowest BCUT2D eigenvalue weighted by molar-refractivity contribution is -0.119. The van der Waals surface area contributed by atoms with Gasteiger partial charge in [0, 0.05) is 9.64 Å². The Balaban J connectivity index is 1.92. The van der Waals surface area contributed by atoms with Crippen LogP contribution in [-0.4, -0.2) is 40.8 Å². The van der Waals surface area contributed by atoms with Gasteiger partial charge in [-0.1, -0.05) is 12.1 Å². The van der Waals surface area contributed by atoms with Crippen molar-refractivity contribution in [1.82, 2.24) is 5.43 Å². The number of nitrogens with one attached hydrogen (secondary N) is 1. The minimum atomic E-state index is -4.25. The van der Waals surface area contributed by atoms with Gasteiger partial charge in [-0.2, -0.15) is 5.10 Å². The van der Waals surface area contributed by atoms with E-state index in [0.29, 0.717) is 11.5 Å². The molecule has 11 heteroatoms. The fourth-order valence-electron chi connectivity index (χ4n) is 3.12. The molecule has 35 heavy (non-hydrogen) atoms. The molecule has 0 spiro atoms. The number of methoxy groups -OCH3 is 2. The van der Waals surface area contributed by atoms with Crippen LogP contribution >= 0.6 is 22.6 Å². The standard InChI is InChI=1S/C24H23FIN3O5S/c1-16(17-5-4-6-19(26)13-17)27-28-24(30)15-29(20-9-7-18(25)8-10-20)35(31,32)21-11-12-22(33-2)23(14-21)34-3/h4-14H,15H2,1-3H3,(H,28,30)/b27-16-. The largest absolute Gasteiger partial charge is 0.493 e. The molecule has 8 nitrogen and oxygen atoms in total. The number of hydrazone groups is 1. The first-order chi connectivity index (χ1) is 16.6. The smallest absolute Gasteiger partial charge is 0.264 e. The van der Waals surface area contributed by atoms with Crippen LogP contribution < -0.4 is 19.2 Å². The van der Waals surface area contributed by atoms with Crippen LogP contribution in [0.2, 0.25) is 0 Å². The molecule has 3 rings (SSSR count). The quantitative estimate of drug-likeness (QED) is 0.223. The van der Waals surface area contributed by atoms with Crippen LogP contribution in [0.5, 0.6) is 11.5 Å². The summed E-state index contributed by atoms with van der Waals surface area (Å²) in [5, 5.41) is 4.10. The maximum Gasteiger partial charge on any atom is 0.264 e. The van der Waals surface area contributed by atoms with E-state index >= 15 is 0 Å². The molecule has 0 bridgehead atoms. The zero-order valence-corrected chi connectivity index (χ0v) is 22.1. The maximum atomic E-state index is 13.5. The number of rotatable bonds is 9. The van der Waals surface area contributed by atoms with E-state index in [-0.39, 0.29) is 16.3 Å². The maximum absolute atomic E-state index is 13.5. The van der Waals surface area contributed by atoms with Gasteiger partial charge in [0.15, 0.2) is 11.5 Å². The van der Waals surface area contributed by atoms with E-state index in [1.165, 1.54) is 44.6 Å². The number of carbonyl (C=O) groups excluding carboxylic acids is 1. The molecule has 184 valence electrons. The van der Waals surface area contributed by atoms with Gasteiger partial charge in [-0.15, -0.1) is 0 Å². The van der Waals surface area contributed by atoms with Gasteiger partial charge in [0.25, 0.3) is 15.9 Å². The third-order valence-corrected chi connectivity index (χ3v) is 7.38. The summed E-state index contributed by atoms with van der Waals surface area (Å²) in [7, 11) is -1.44. The van der Waals surface area contributed by atoms with Gasteiger partial charge in [-0.3, -0.25) is 9.10 Å².